The van der Waals surface area contributed by atoms with Crippen LogP contribution in [0.25, 0.3) is 0 Å². The van der Waals surface area contributed by atoms with Crippen molar-refractivity contribution in [3.05, 3.63) is 0 Å². The van der Waals surface area contributed by atoms with Crippen molar-refractivity contribution in [3.8, 4) is 0 Å². The third-order valence-electron chi connectivity index (χ3n) is 0. The summed E-state index contributed by atoms with van der Waals surface area (Å²) in [4.78, 5) is 0. The van der Waals surface area contributed by atoms with Crippen LogP contribution >= 0.6 is 23.7 Å². The Morgan fingerprint density at radius 1 is 1.25 bits per heavy atom. The molecular formula is H2Cl2OSe. The molecular weight excluding hydrogens is 166 g/mol. The van der Waals surface area contributed by atoms with Gasteiger partial charge in [-0.2, -0.15) is 3.84 Å². The van der Waals surface area contributed by atoms with Crippen molar-refractivity contribution in [1.29, 1.82) is 0 Å². The molecule has 0 aromatic carbocycles. The van der Waals surface area contributed by atoms with Gasteiger partial charge < -0.3 is 0 Å². The van der Waals surface area contributed by atoms with E-state index in [0.29, 0.717) is 0 Å². The van der Waals surface area contributed by atoms with E-state index in [1.807, 2.05) is 0 Å². The van der Waals surface area contributed by atoms with E-state index < -0.39 is 0 Å². The van der Waals surface area contributed by atoms with Crippen molar-refractivity contribution in [2.24, 2.45) is 0 Å². The topological polar surface area (TPSA) is 9.23 Å². The molecule has 0 bridgehead atoms. The quantitative estimate of drug-likeness (QED) is 0.475. The van der Waals surface area contributed by atoms with Crippen LogP contribution in [0.4, 0.5) is 0 Å². The molecule has 0 fully saturated rings. The monoisotopic (exact) mass is 168 g/mol. The van der Waals surface area contributed by atoms with Crippen LogP contribution < -0.4 is 0 Å². The molecule has 0 amide bonds. The summed E-state index contributed by atoms with van der Waals surface area (Å²) in [6.45, 7) is 0. The maximum atomic E-state index is 4.26. The molecule has 0 atom stereocenters. The summed E-state index contributed by atoms with van der Waals surface area (Å²) in [6.07, 6.45) is 0. The first-order valence-electron chi connectivity index (χ1n) is 0.309. The van der Waals surface area contributed by atoms with Crippen molar-refractivity contribution < 1.29 is 3.84 Å². The van der Waals surface area contributed by atoms with Gasteiger partial charge in [0.1, 0.15) is 0 Å². The minimum atomic E-state index is 0. The maximum absolute atomic E-state index is 4.26. The van der Waals surface area contributed by atoms with Crippen molar-refractivity contribution in [2.45, 2.75) is 0 Å². The normalized spacial score (nSPS) is 4.50. The van der Waals surface area contributed by atoms with Gasteiger partial charge in [0.2, 0.25) is 0 Å². The average molecular weight is 168 g/mol. The summed E-state index contributed by atoms with van der Waals surface area (Å²) in [5.74, 6) is 0. The molecule has 0 spiro atoms. The van der Waals surface area contributed by atoms with Gasteiger partial charge >= 0.3 is 17.1 Å². The third kappa shape index (κ3) is 11.6. The zero-order valence-electron chi connectivity index (χ0n) is 1.66. The van der Waals surface area contributed by atoms with Crippen molar-refractivity contribution >= 4 is 40.8 Å². The molecule has 0 heterocycles. The molecule has 4 heteroatoms. The Morgan fingerprint density at radius 2 is 1.25 bits per heavy atom. The second kappa shape index (κ2) is 8.96. The van der Waals surface area contributed by atoms with Gasteiger partial charge in [0.15, 0.2) is 0 Å². The number of halogens is 2. The molecule has 0 aliphatic heterocycles. The van der Waals surface area contributed by atoms with Crippen LogP contribution in [0.1, 0.15) is 0 Å². The molecule has 1 nitrogen and oxygen atoms in total. The fourth-order valence-corrected chi connectivity index (χ4v) is 0. The van der Waals surface area contributed by atoms with Gasteiger partial charge in [-0.05, 0) is 0 Å². The molecule has 0 aromatic heterocycles. The van der Waals surface area contributed by atoms with Crippen LogP contribution in [0, 0.1) is 0 Å². The predicted molar refractivity (Wildman–Crippen MR) is 21.3 cm³/mol. The molecule has 28 valence electrons. The van der Waals surface area contributed by atoms with Gasteiger partial charge in [-0.1, -0.05) is 0 Å². The molecule has 0 saturated carbocycles. The molecule has 0 aliphatic carbocycles. The van der Waals surface area contributed by atoms with E-state index in [-0.39, 0.29) is 17.1 Å². The number of rotatable bonds is 0. The third-order valence-corrected chi connectivity index (χ3v) is 0. The fraction of sp³-hybridized carbons (Fsp3) is 0. The Kier molecular flexibility index (Phi) is 19.9. The van der Waals surface area contributed by atoms with Crippen LogP contribution in [0.5, 0.6) is 0 Å². The second-order valence-electron chi connectivity index (χ2n) is 0.0583. The zero-order valence-corrected chi connectivity index (χ0v) is 5.27. The minimum absolute atomic E-state index is 0. The van der Waals surface area contributed by atoms with Crippen molar-refractivity contribution in [3.63, 3.8) is 0 Å². The second-order valence-corrected chi connectivity index (χ2v) is 0.525. The van der Waals surface area contributed by atoms with E-state index >= 15 is 0 Å². The van der Waals surface area contributed by atoms with Gasteiger partial charge in [-0.15, -0.1) is 0 Å². The summed E-state index contributed by atoms with van der Waals surface area (Å²) < 4.78 is 3.19. The number of hydrogen-bond acceptors (Lipinski definition) is 1. The first kappa shape index (κ1) is 8.91. The molecule has 4 heavy (non-hydrogen) atoms. The molecule has 0 saturated heterocycles. The van der Waals surface area contributed by atoms with Crippen LogP contribution in [0.3, 0.4) is 0 Å². The van der Waals surface area contributed by atoms with E-state index in [1.54, 1.807) is 0 Å². The molecule has 0 unspecified atom stereocenters. The molecule has 0 aliphatic rings. The first-order chi connectivity index (χ1) is 1.41. The van der Waals surface area contributed by atoms with Crippen molar-refractivity contribution in [2.75, 3.05) is 0 Å². The molecule has 0 aromatic rings. The summed E-state index contributed by atoms with van der Waals surface area (Å²) in [7, 11) is 0. The van der Waals surface area contributed by atoms with Gasteiger partial charge in [-0.3, -0.25) is 0 Å². The van der Waals surface area contributed by atoms with Gasteiger partial charge in [-0.25, -0.2) is 0 Å². The predicted octanol–water partition coefficient (Wildman–Crippen LogP) is 0.394. The summed E-state index contributed by atoms with van der Waals surface area (Å²) >= 11 is 8.53. The molecule has 0 radical (unpaired) electrons. The van der Waals surface area contributed by atoms with E-state index in [2.05, 4.69) is 27.6 Å². The molecule has 0 N–H and O–H groups in total. The van der Waals surface area contributed by atoms with Gasteiger partial charge in [0.05, 0.1) is 23.7 Å². The van der Waals surface area contributed by atoms with Gasteiger partial charge in [0.25, 0.3) is 0 Å². The van der Waals surface area contributed by atoms with Crippen LogP contribution in [0.15, 0.2) is 0 Å². The van der Waals surface area contributed by atoms with E-state index in [0.717, 1.165) is 0 Å². The Morgan fingerprint density at radius 3 is 1.25 bits per heavy atom. The SMILES string of the molecule is ClOCl.[SeH2]. The summed E-state index contributed by atoms with van der Waals surface area (Å²) in [5.41, 5.74) is 0. The van der Waals surface area contributed by atoms with E-state index in [9.17, 15) is 0 Å². The standard InChI is InChI=1S/Cl2O.H2Se/c1-3-2;/h;1H2. The van der Waals surface area contributed by atoms with Crippen molar-refractivity contribution in [1.82, 2.24) is 0 Å². The fourth-order valence-electron chi connectivity index (χ4n) is 0. The van der Waals surface area contributed by atoms with Crippen LogP contribution in [0.2, 0.25) is 0 Å². The van der Waals surface area contributed by atoms with Crippen LogP contribution in [-0.2, 0) is 3.84 Å². The average Bonchev–Trinajstić information content (AvgIpc) is 0.918. The zero-order chi connectivity index (χ0) is 2.71. The Balaban J connectivity index is 0. The molecule has 0 rings (SSSR count). The summed E-state index contributed by atoms with van der Waals surface area (Å²) in [6, 6.07) is 0. The Bertz CT molecular complexity index is 6.00. The van der Waals surface area contributed by atoms with Crippen LogP contribution in [-0.4, -0.2) is 17.1 Å². The van der Waals surface area contributed by atoms with E-state index in [1.165, 1.54) is 0 Å². The van der Waals surface area contributed by atoms with E-state index in [4.69, 9.17) is 0 Å². The Labute approximate surface area is 45.0 Å². The van der Waals surface area contributed by atoms with Gasteiger partial charge in [0, 0.05) is 0 Å². The Hall–Kier alpha value is 1.06. The first-order valence-corrected chi connectivity index (χ1v) is 0.926. The number of hydrogen-bond donors (Lipinski definition) is 0. The summed E-state index contributed by atoms with van der Waals surface area (Å²) in [5, 5.41) is 0.